The summed E-state index contributed by atoms with van der Waals surface area (Å²) >= 11 is 5.77. The number of nitrogens with zero attached hydrogens (tertiary/aromatic N) is 3. The highest BCUT2D eigenvalue weighted by Gasteiger charge is 2.25. The molecule has 116 valence electrons. The van der Waals surface area contributed by atoms with Crippen LogP contribution in [0.15, 0.2) is 42.5 Å². The summed E-state index contributed by atoms with van der Waals surface area (Å²) in [7, 11) is 0. The number of aromatic nitrogens is 2. The van der Waals surface area contributed by atoms with Crippen LogP contribution < -0.4 is 5.32 Å². The zero-order valence-electron chi connectivity index (χ0n) is 12.7. The average molecular weight is 317 g/mol. The summed E-state index contributed by atoms with van der Waals surface area (Å²) in [5.41, 5.74) is 1.38. The summed E-state index contributed by atoms with van der Waals surface area (Å²) < 4.78 is 0. The maximum Gasteiger partial charge on any atom is 0.151 e. The lowest BCUT2D eigenvalue weighted by atomic mass is 9.97. The third-order valence-corrected chi connectivity index (χ3v) is 4.43. The number of likely N-dealkylation sites (tertiary alicyclic amines) is 1. The highest BCUT2D eigenvalue weighted by molar-refractivity contribution is 6.29. The van der Waals surface area contributed by atoms with Gasteiger partial charge in [0.2, 0.25) is 0 Å². The van der Waals surface area contributed by atoms with Gasteiger partial charge in [0.25, 0.3) is 0 Å². The largest absolute Gasteiger partial charge is 0.366 e. The maximum absolute atomic E-state index is 5.77. The van der Waals surface area contributed by atoms with Gasteiger partial charge in [-0.15, -0.1) is 10.2 Å². The van der Waals surface area contributed by atoms with Crippen LogP contribution in [0.3, 0.4) is 0 Å². The summed E-state index contributed by atoms with van der Waals surface area (Å²) in [6.07, 6.45) is 2.22. The second-order valence-corrected chi connectivity index (χ2v) is 6.30. The van der Waals surface area contributed by atoms with Crippen LogP contribution in [0.5, 0.6) is 0 Å². The van der Waals surface area contributed by atoms with Gasteiger partial charge in [0.1, 0.15) is 5.82 Å². The lowest BCUT2D eigenvalue weighted by Gasteiger charge is -2.38. The molecule has 2 aromatic rings. The van der Waals surface area contributed by atoms with E-state index in [4.69, 9.17) is 11.6 Å². The van der Waals surface area contributed by atoms with Crippen LogP contribution in [-0.4, -0.2) is 33.7 Å². The van der Waals surface area contributed by atoms with Crippen LogP contribution in [0.4, 0.5) is 5.82 Å². The second kappa shape index (κ2) is 7.07. The van der Waals surface area contributed by atoms with E-state index in [9.17, 15) is 0 Å². The van der Waals surface area contributed by atoms with E-state index in [1.807, 2.05) is 6.07 Å². The summed E-state index contributed by atoms with van der Waals surface area (Å²) in [5, 5.41) is 11.8. The number of anilines is 1. The van der Waals surface area contributed by atoms with Gasteiger partial charge in [0, 0.05) is 25.2 Å². The molecule has 2 heterocycles. The van der Waals surface area contributed by atoms with Crippen LogP contribution in [0, 0.1) is 0 Å². The van der Waals surface area contributed by atoms with Crippen LogP contribution in [0.1, 0.15) is 25.3 Å². The molecule has 1 aromatic heterocycles. The molecular formula is C17H21ClN4. The predicted octanol–water partition coefficient (Wildman–Crippen LogP) is 3.60. The highest BCUT2D eigenvalue weighted by atomic mass is 35.5. The predicted molar refractivity (Wildman–Crippen MR) is 90.0 cm³/mol. The van der Waals surface area contributed by atoms with Crippen LogP contribution in [-0.2, 0) is 6.54 Å². The van der Waals surface area contributed by atoms with E-state index in [0.29, 0.717) is 17.2 Å². The topological polar surface area (TPSA) is 41.1 Å². The Kier molecular flexibility index (Phi) is 4.90. The van der Waals surface area contributed by atoms with Gasteiger partial charge in [-0.25, -0.2) is 0 Å². The normalized spacial score (nSPS) is 22.5. The molecule has 3 rings (SSSR count). The molecular weight excluding hydrogens is 296 g/mol. The minimum Gasteiger partial charge on any atom is -0.366 e. The smallest absolute Gasteiger partial charge is 0.151 e. The van der Waals surface area contributed by atoms with Crippen molar-refractivity contribution in [3.63, 3.8) is 0 Å². The molecule has 1 N–H and O–H groups in total. The van der Waals surface area contributed by atoms with Gasteiger partial charge in [0.05, 0.1) is 0 Å². The van der Waals surface area contributed by atoms with Gasteiger partial charge in [-0.1, -0.05) is 41.9 Å². The Hall–Kier alpha value is -1.65. The Morgan fingerprint density at radius 2 is 2.00 bits per heavy atom. The van der Waals surface area contributed by atoms with E-state index < -0.39 is 0 Å². The Labute approximate surface area is 136 Å². The Morgan fingerprint density at radius 3 is 2.68 bits per heavy atom. The first-order chi connectivity index (χ1) is 10.7. The van der Waals surface area contributed by atoms with Gasteiger partial charge in [-0.3, -0.25) is 4.90 Å². The van der Waals surface area contributed by atoms with Crippen molar-refractivity contribution in [2.24, 2.45) is 0 Å². The Morgan fingerprint density at radius 1 is 1.18 bits per heavy atom. The quantitative estimate of drug-likeness (QED) is 0.936. The standard InChI is InChI=1S/C17H21ClN4/c1-13-11-15(19-17-8-7-16(18)20-21-17)9-10-22(13)12-14-5-3-2-4-6-14/h2-8,13,15H,9-12H2,1H3,(H,19,21). The number of benzene rings is 1. The third kappa shape index (κ3) is 3.96. The summed E-state index contributed by atoms with van der Waals surface area (Å²) in [6, 6.07) is 15.3. The third-order valence-electron chi connectivity index (χ3n) is 4.23. The van der Waals surface area contributed by atoms with Crippen molar-refractivity contribution in [2.45, 2.75) is 38.4 Å². The molecule has 4 nitrogen and oxygen atoms in total. The molecule has 0 radical (unpaired) electrons. The number of piperidine rings is 1. The van der Waals surface area contributed by atoms with Gasteiger partial charge in [-0.05, 0) is 37.5 Å². The summed E-state index contributed by atoms with van der Waals surface area (Å²) in [4.78, 5) is 2.54. The molecule has 22 heavy (non-hydrogen) atoms. The van der Waals surface area contributed by atoms with Crippen molar-refractivity contribution in [1.29, 1.82) is 0 Å². The van der Waals surface area contributed by atoms with Crippen molar-refractivity contribution in [1.82, 2.24) is 15.1 Å². The van der Waals surface area contributed by atoms with Crippen molar-refractivity contribution < 1.29 is 0 Å². The van der Waals surface area contributed by atoms with Gasteiger partial charge in [0.15, 0.2) is 5.15 Å². The first kappa shape index (κ1) is 15.3. The van der Waals surface area contributed by atoms with Gasteiger partial charge < -0.3 is 5.32 Å². The molecule has 2 atom stereocenters. The maximum atomic E-state index is 5.77. The molecule has 2 unspecified atom stereocenters. The fourth-order valence-electron chi connectivity index (χ4n) is 3.01. The number of nitrogens with one attached hydrogen (secondary N) is 1. The van der Waals surface area contributed by atoms with Gasteiger partial charge in [-0.2, -0.15) is 0 Å². The van der Waals surface area contributed by atoms with E-state index in [1.54, 1.807) is 6.07 Å². The minimum atomic E-state index is 0.427. The SMILES string of the molecule is CC1CC(Nc2ccc(Cl)nn2)CCN1Cc1ccccc1. The minimum absolute atomic E-state index is 0.427. The molecule has 1 fully saturated rings. The molecule has 0 spiro atoms. The fourth-order valence-corrected chi connectivity index (χ4v) is 3.11. The zero-order chi connectivity index (χ0) is 15.4. The van der Waals surface area contributed by atoms with Crippen molar-refractivity contribution >= 4 is 17.4 Å². The summed E-state index contributed by atoms with van der Waals surface area (Å²) in [6.45, 7) is 4.41. The van der Waals surface area contributed by atoms with E-state index in [2.05, 4.69) is 57.7 Å². The second-order valence-electron chi connectivity index (χ2n) is 5.91. The Bertz CT molecular complexity index is 587. The fraction of sp³-hybridized carbons (Fsp3) is 0.412. The van der Waals surface area contributed by atoms with E-state index in [0.717, 1.165) is 31.7 Å². The number of halogens is 1. The molecule has 0 saturated carbocycles. The first-order valence-corrected chi connectivity index (χ1v) is 8.12. The monoisotopic (exact) mass is 316 g/mol. The van der Waals surface area contributed by atoms with Crippen LogP contribution >= 0.6 is 11.6 Å². The molecule has 1 aliphatic heterocycles. The molecule has 0 amide bonds. The summed E-state index contributed by atoms with van der Waals surface area (Å²) in [5.74, 6) is 0.804. The van der Waals surface area contributed by atoms with Crippen molar-refractivity contribution in [3.8, 4) is 0 Å². The average Bonchev–Trinajstić information content (AvgIpc) is 2.53. The van der Waals surface area contributed by atoms with Crippen LogP contribution in [0.25, 0.3) is 0 Å². The lowest BCUT2D eigenvalue weighted by Crippen LogP contribution is -2.44. The molecule has 5 heteroatoms. The van der Waals surface area contributed by atoms with Crippen LogP contribution in [0.2, 0.25) is 5.15 Å². The van der Waals surface area contributed by atoms with Gasteiger partial charge >= 0.3 is 0 Å². The van der Waals surface area contributed by atoms with E-state index in [1.165, 1.54) is 5.56 Å². The van der Waals surface area contributed by atoms with Crippen molar-refractivity contribution in [2.75, 3.05) is 11.9 Å². The lowest BCUT2D eigenvalue weighted by molar-refractivity contribution is 0.144. The van der Waals surface area contributed by atoms with E-state index in [-0.39, 0.29) is 0 Å². The molecule has 0 aliphatic carbocycles. The highest BCUT2D eigenvalue weighted by Crippen LogP contribution is 2.22. The zero-order valence-corrected chi connectivity index (χ0v) is 13.5. The molecule has 0 bridgehead atoms. The number of hydrogen-bond donors (Lipinski definition) is 1. The Balaban J connectivity index is 1.54. The number of rotatable bonds is 4. The molecule has 1 aromatic carbocycles. The molecule has 1 aliphatic rings. The number of hydrogen-bond acceptors (Lipinski definition) is 4. The first-order valence-electron chi connectivity index (χ1n) is 7.74. The molecule has 1 saturated heterocycles. The van der Waals surface area contributed by atoms with E-state index >= 15 is 0 Å². The van der Waals surface area contributed by atoms with Crippen molar-refractivity contribution in [3.05, 3.63) is 53.2 Å².